The van der Waals surface area contributed by atoms with Crippen LogP contribution in [-0.2, 0) is 0 Å². The van der Waals surface area contributed by atoms with E-state index < -0.39 is 0 Å². The van der Waals surface area contributed by atoms with Gasteiger partial charge < -0.3 is 27.8 Å². The summed E-state index contributed by atoms with van der Waals surface area (Å²) >= 11 is 0. The molecule has 0 spiro atoms. The summed E-state index contributed by atoms with van der Waals surface area (Å²) in [6.07, 6.45) is 0. The minimum atomic E-state index is 0.861. The molecule has 0 saturated carbocycles. The Hall–Kier alpha value is -18.6. The standard InChI is InChI=1S/C134H86N4O2/c1-4-28-90(29-5-1)108-74-64-100(79-117(108)91-30-6-2-7-31-91)88-60-70-105(71-61-88)135(123-47-19-14-40-110(123)102-66-76-130-119(83-102)121-81-96-34-10-12-36-98(96)85-132(121)139-130)104-68-58-87(59-69-104)95-38-26-39-107(78-95)137-125-49-21-18-44-115(125)116-46-27-45-112(134(116)137)94-56-54-93(55-57-94)109-75-65-101(80-118(109)92-32-8-3-9-33-92)89-62-72-106(73-63-89)136(128-52-24-25-53-129(128)138-126-50-22-16-42-113(126)114-43-17-23-51-127(114)138)124-48-20-15-41-111(124)103-67-77-131-120(84-103)122-82-97-35-11-13-37-99(97)86-133(122)140-131/h1-86H. The maximum atomic E-state index is 6.61. The van der Waals surface area contributed by atoms with Crippen molar-refractivity contribution in [2.75, 3.05) is 9.80 Å². The van der Waals surface area contributed by atoms with Crippen molar-refractivity contribution in [3.05, 3.63) is 522 Å². The van der Waals surface area contributed by atoms with Gasteiger partial charge in [-0.3, -0.25) is 0 Å². The van der Waals surface area contributed by atoms with Crippen LogP contribution in [0.1, 0.15) is 0 Å². The average molecular weight is 1780 g/mol. The minimum Gasteiger partial charge on any atom is -0.456 e. The number of rotatable bonds is 18. The lowest BCUT2D eigenvalue weighted by Gasteiger charge is -2.30. The van der Waals surface area contributed by atoms with E-state index in [0.717, 1.165) is 211 Å². The molecule has 0 fully saturated rings. The molecular weight excluding hydrogens is 1700 g/mol. The van der Waals surface area contributed by atoms with Gasteiger partial charge >= 0.3 is 0 Å². The Bertz CT molecular complexity index is 9490. The third kappa shape index (κ3) is 14.0. The Balaban J connectivity index is 0.527. The van der Waals surface area contributed by atoms with E-state index in [-0.39, 0.29) is 0 Å². The molecule has 0 aliphatic carbocycles. The molecule has 0 atom stereocenters. The number of para-hydroxylation sites is 8. The van der Waals surface area contributed by atoms with Gasteiger partial charge in [-0.15, -0.1) is 0 Å². The van der Waals surface area contributed by atoms with Crippen LogP contribution in [0.5, 0.6) is 0 Å². The number of hydrogen-bond acceptors (Lipinski definition) is 4. The van der Waals surface area contributed by atoms with Crippen molar-refractivity contribution in [1.29, 1.82) is 0 Å². The first kappa shape index (κ1) is 81.0. The summed E-state index contributed by atoms with van der Waals surface area (Å²) in [4.78, 5) is 4.87. The topological polar surface area (TPSA) is 42.6 Å². The third-order valence-corrected chi connectivity index (χ3v) is 28.5. The van der Waals surface area contributed by atoms with Gasteiger partial charge in [0.05, 0.1) is 44.8 Å². The molecule has 0 bridgehead atoms. The average Bonchev–Trinajstić information content (AvgIpc) is 1.57. The van der Waals surface area contributed by atoms with Crippen molar-refractivity contribution < 1.29 is 8.83 Å². The van der Waals surface area contributed by atoms with E-state index in [1.807, 2.05) is 0 Å². The maximum Gasteiger partial charge on any atom is 0.136 e. The van der Waals surface area contributed by atoms with Crippen molar-refractivity contribution in [1.82, 2.24) is 9.13 Å². The fraction of sp³-hybridized carbons (Fsp3) is 0. The van der Waals surface area contributed by atoms with E-state index in [0.29, 0.717) is 0 Å². The van der Waals surface area contributed by atoms with Crippen molar-refractivity contribution in [3.63, 3.8) is 0 Å². The lowest BCUT2D eigenvalue weighted by Crippen LogP contribution is -2.14. The van der Waals surface area contributed by atoms with Crippen LogP contribution >= 0.6 is 0 Å². The molecule has 6 heteroatoms. The second-order valence-corrected chi connectivity index (χ2v) is 36.5. The molecule has 0 aliphatic rings. The number of furan rings is 2. The molecular formula is C134H86N4O2. The van der Waals surface area contributed by atoms with E-state index in [1.165, 1.54) is 54.6 Å². The van der Waals surface area contributed by atoms with Gasteiger partial charge in [0.15, 0.2) is 0 Å². The Morgan fingerprint density at radius 1 is 0.157 bits per heavy atom. The zero-order chi connectivity index (χ0) is 92.2. The molecule has 4 aromatic heterocycles. The summed E-state index contributed by atoms with van der Waals surface area (Å²) in [6, 6.07) is 191. The predicted molar refractivity (Wildman–Crippen MR) is 588 cm³/mol. The zero-order valence-corrected chi connectivity index (χ0v) is 76.3. The van der Waals surface area contributed by atoms with Crippen molar-refractivity contribution >= 4 is 143 Å². The molecule has 23 aromatic carbocycles. The van der Waals surface area contributed by atoms with E-state index in [1.54, 1.807) is 0 Å². The lowest BCUT2D eigenvalue weighted by molar-refractivity contribution is 0.669. The predicted octanol–water partition coefficient (Wildman–Crippen LogP) is 37.6. The first-order valence-corrected chi connectivity index (χ1v) is 48.0. The fourth-order valence-electron chi connectivity index (χ4n) is 21.8. The van der Waals surface area contributed by atoms with Crippen LogP contribution in [0.4, 0.5) is 34.1 Å². The number of fused-ring (bicyclic) bond motifs is 14. The Labute approximate surface area is 809 Å². The molecule has 0 amide bonds. The van der Waals surface area contributed by atoms with Gasteiger partial charge in [-0.1, -0.05) is 370 Å². The van der Waals surface area contributed by atoms with Gasteiger partial charge in [0.25, 0.3) is 0 Å². The molecule has 6 nitrogen and oxygen atoms in total. The summed E-state index contributed by atoms with van der Waals surface area (Å²) in [5.41, 5.74) is 39.1. The van der Waals surface area contributed by atoms with Crippen LogP contribution in [0, 0.1) is 0 Å². The Morgan fingerprint density at radius 3 is 0.986 bits per heavy atom. The molecule has 0 N–H and O–H groups in total. The highest BCUT2D eigenvalue weighted by Crippen LogP contribution is 2.51. The van der Waals surface area contributed by atoms with E-state index in [4.69, 9.17) is 8.83 Å². The summed E-state index contributed by atoms with van der Waals surface area (Å²) in [6.45, 7) is 0. The molecule has 0 radical (unpaired) electrons. The molecule has 27 rings (SSSR count). The van der Waals surface area contributed by atoms with Gasteiger partial charge in [-0.2, -0.15) is 0 Å². The van der Waals surface area contributed by atoms with Gasteiger partial charge in [0, 0.05) is 82.5 Å². The summed E-state index contributed by atoms with van der Waals surface area (Å²) in [7, 11) is 0. The van der Waals surface area contributed by atoms with E-state index in [9.17, 15) is 0 Å². The summed E-state index contributed by atoms with van der Waals surface area (Å²) in [5.74, 6) is 0. The summed E-state index contributed by atoms with van der Waals surface area (Å²) < 4.78 is 18.1. The van der Waals surface area contributed by atoms with Gasteiger partial charge in [0.1, 0.15) is 22.3 Å². The van der Waals surface area contributed by atoms with Crippen LogP contribution in [0.3, 0.4) is 0 Å². The quantitative estimate of drug-likeness (QED) is 0.0859. The molecule has 140 heavy (non-hydrogen) atoms. The number of benzene rings is 23. The van der Waals surface area contributed by atoms with Crippen LogP contribution in [0.15, 0.2) is 531 Å². The van der Waals surface area contributed by atoms with E-state index >= 15 is 0 Å². The highest BCUT2D eigenvalue weighted by molar-refractivity contribution is 6.17. The van der Waals surface area contributed by atoms with Crippen LogP contribution in [0.25, 0.3) is 232 Å². The Morgan fingerprint density at radius 2 is 0.486 bits per heavy atom. The number of nitrogens with zero attached hydrogens (tertiary/aromatic N) is 4. The number of aromatic nitrogens is 2. The first-order valence-electron chi connectivity index (χ1n) is 48.0. The smallest absolute Gasteiger partial charge is 0.136 e. The third-order valence-electron chi connectivity index (χ3n) is 28.5. The maximum absolute atomic E-state index is 6.61. The van der Waals surface area contributed by atoms with Gasteiger partial charge in [-0.05, 0) is 268 Å². The molecule has 0 saturated heterocycles. The van der Waals surface area contributed by atoms with Crippen molar-refractivity contribution in [3.8, 4) is 123 Å². The zero-order valence-electron chi connectivity index (χ0n) is 76.3. The molecule has 654 valence electrons. The highest BCUT2D eigenvalue weighted by atomic mass is 16.3. The number of anilines is 6. The molecule has 4 heterocycles. The van der Waals surface area contributed by atoms with Crippen LogP contribution in [0.2, 0.25) is 0 Å². The van der Waals surface area contributed by atoms with Crippen molar-refractivity contribution in [2.45, 2.75) is 0 Å². The largest absolute Gasteiger partial charge is 0.456 e. The summed E-state index contributed by atoms with van der Waals surface area (Å²) in [5, 5.41) is 13.8. The normalized spacial score (nSPS) is 11.7. The van der Waals surface area contributed by atoms with Crippen LogP contribution < -0.4 is 9.80 Å². The second kappa shape index (κ2) is 33.8. The first-order chi connectivity index (χ1) is 69.4. The molecule has 0 aliphatic heterocycles. The molecule has 27 aromatic rings. The second-order valence-electron chi connectivity index (χ2n) is 36.5. The van der Waals surface area contributed by atoms with Crippen molar-refractivity contribution in [2.24, 2.45) is 0 Å². The number of hydrogen-bond donors (Lipinski definition) is 0. The molecule has 0 unspecified atom stereocenters. The van der Waals surface area contributed by atoms with Gasteiger partial charge in [0.2, 0.25) is 0 Å². The minimum absolute atomic E-state index is 0.861. The lowest BCUT2D eigenvalue weighted by atomic mass is 9.90. The monoisotopic (exact) mass is 1780 g/mol. The van der Waals surface area contributed by atoms with Crippen LogP contribution in [-0.4, -0.2) is 9.13 Å². The highest BCUT2D eigenvalue weighted by Gasteiger charge is 2.28. The Kier molecular flexibility index (Phi) is 19.5. The van der Waals surface area contributed by atoms with Gasteiger partial charge in [-0.25, -0.2) is 0 Å². The SMILES string of the molecule is c1ccc(-c2ccc(-c3ccc(N(c4ccc(-c5cccc(-n6c7ccccc7c7cccc(-c8ccc(-c9ccc(-c%10ccc(N(c%11ccccc%11-c%11ccc%12oc%13cc%14ccccc%14cc%13c%12c%11)c%11ccccc%11-n%11c%12ccccc%12c%12ccccc%12%11)cc%10)cc9-c9ccccc9)cc8)c76)c5)cc4)c4ccccc4-c4ccc5oc6cc7ccccc7cc6c5c4)cc3)cc2-c2ccccc2)cc1. The fourth-order valence-corrected chi connectivity index (χ4v) is 21.8. The van der Waals surface area contributed by atoms with E-state index in [2.05, 4.69) is 541 Å².